The first-order valence-corrected chi connectivity index (χ1v) is 6.83. The molecule has 1 aromatic carbocycles. The van der Waals surface area contributed by atoms with Gasteiger partial charge in [-0.3, -0.25) is 4.79 Å². The summed E-state index contributed by atoms with van der Waals surface area (Å²) in [6.07, 6.45) is 4.08. The van der Waals surface area contributed by atoms with E-state index in [0.29, 0.717) is 18.9 Å². The third-order valence-electron chi connectivity index (χ3n) is 3.41. The Kier molecular flexibility index (Phi) is 4.74. The maximum atomic E-state index is 11.6. The Morgan fingerprint density at radius 3 is 2.74 bits per heavy atom. The molecule has 3 heteroatoms. The van der Waals surface area contributed by atoms with Crippen LogP contribution in [0.1, 0.15) is 25.3 Å². The van der Waals surface area contributed by atoms with Crippen molar-refractivity contribution in [2.75, 3.05) is 6.54 Å². The molecule has 1 aliphatic rings. The van der Waals surface area contributed by atoms with Crippen LogP contribution in [0.15, 0.2) is 42.0 Å². The fourth-order valence-electron chi connectivity index (χ4n) is 2.09. The normalized spacial score (nSPS) is 17.1. The van der Waals surface area contributed by atoms with Gasteiger partial charge in [0.2, 0.25) is 5.91 Å². The van der Waals surface area contributed by atoms with E-state index in [0.717, 1.165) is 11.1 Å². The SMILES string of the molecule is C/C(=C/C(=O)NCC(O)Cc1ccccc1)C1CC1. The second-order valence-corrected chi connectivity index (χ2v) is 5.25. The molecular weight excluding hydrogens is 238 g/mol. The molecule has 0 spiro atoms. The topological polar surface area (TPSA) is 49.3 Å². The van der Waals surface area contributed by atoms with E-state index in [1.165, 1.54) is 12.8 Å². The summed E-state index contributed by atoms with van der Waals surface area (Å²) >= 11 is 0. The van der Waals surface area contributed by atoms with Crippen molar-refractivity contribution in [1.82, 2.24) is 5.32 Å². The Labute approximate surface area is 114 Å². The summed E-state index contributed by atoms with van der Waals surface area (Å²) in [5.74, 6) is 0.511. The Morgan fingerprint density at radius 2 is 2.11 bits per heavy atom. The molecule has 0 aromatic heterocycles. The number of carbonyl (C=O) groups excluding carboxylic acids is 1. The van der Waals surface area contributed by atoms with Crippen LogP contribution in [0.4, 0.5) is 0 Å². The average Bonchev–Trinajstić information content (AvgIpc) is 3.22. The number of rotatable bonds is 6. The van der Waals surface area contributed by atoms with Crippen LogP contribution >= 0.6 is 0 Å². The monoisotopic (exact) mass is 259 g/mol. The van der Waals surface area contributed by atoms with Gasteiger partial charge in [-0.15, -0.1) is 0 Å². The van der Waals surface area contributed by atoms with Gasteiger partial charge in [0.25, 0.3) is 0 Å². The molecule has 0 radical (unpaired) electrons. The molecule has 0 saturated heterocycles. The standard InChI is InChI=1S/C16H21NO2/c1-12(14-7-8-14)9-16(19)17-11-15(18)10-13-5-3-2-4-6-13/h2-6,9,14-15,18H,7-8,10-11H2,1H3,(H,17,19)/b12-9-. The van der Waals surface area contributed by atoms with E-state index in [-0.39, 0.29) is 5.91 Å². The summed E-state index contributed by atoms with van der Waals surface area (Å²) in [5.41, 5.74) is 2.23. The third-order valence-corrected chi connectivity index (χ3v) is 3.41. The van der Waals surface area contributed by atoms with Crippen LogP contribution in [0, 0.1) is 5.92 Å². The number of aliphatic hydroxyl groups is 1. The van der Waals surface area contributed by atoms with Crippen molar-refractivity contribution in [2.24, 2.45) is 5.92 Å². The van der Waals surface area contributed by atoms with Crippen molar-refractivity contribution in [3.63, 3.8) is 0 Å². The van der Waals surface area contributed by atoms with E-state index >= 15 is 0 Å². The molecule has 1 saturated carbocycles. The molecule has 2 rings (SSSR count). The quantitative estimate of drug-likeness (QED) is 0.768. The summed E-state index contributed by atoms with van der Waals surface area (Å²) < 4.78 is 0. The third kappa shape index (κ3) is 4.87. The summed E-state index contributed by atoms with van der Waals surface area (Å²) in [5, 5.41) is 12.6. The van der Waals surface area contributed by atoms with Crippen molar-refractivity contribution in [3.8, 4) is 0 Å². The van der Waals surface area contributed by atoms with Crippen LogP contribution in [-0.2, 0) is 11.2 Å². The number of hydrogen-bond donors (Lipinski definition) is 2. The summed E-state index contributed by atoms with van der Waals surface area (Å²) in [7, 11) is 0. The molecule has 1 unspecified atom stereocenters. The van der Waals surface area contributed by atoms with Crippen LogP contribution in [0.3, 0.4) is 0 Å². The minimum atomic E-state index is -0.541. The van der Waals surface area contributed by atoms with Gasteiger partial charge < -0.3 is 10.4 Å². The molecule has 102 valence electrons. The molecular formula is C16H21NO2. The number of hydrogen-bond acceptors (Lipinski definition) is 2. The maximum absolute atomic E-state index is 11.6. The van der Waals surface area contributed by atoms with Gasteiger partial charge in [-0.25, -0.2) is 0 Å². The summed E-state index contributed by atoms with van der Waals surface area (Å²) in [6, 6.07) is 9.79. The van der Waals surface area contributed by atoms with Crippen molar-refractivity contribution >= 4 is 5.91 Å². The van der Waals surface area contributed by atoms with Gasteiger partial charge in [-0.2, -0.15) is 0 Å². The highest BCUT2D eigenvalue weighted by Crippen LogP contribution is 2.35. The van der Waals surface area contributed by atoms with E-state index in [4.69, 9.17) is 0 Å². The summed E-state index contributed by atoms with van der Waals surface area (Å²) in [6.45, 7) is 2.29. The second-order valence-electron chi connectivity index (χ2n) is 5.25. The van der Waals surface area contributed by atoms with E-state index in [2.05, 4.69) is 5.32 Å². The Hall–Kier alpha value is -1.61. The molecule has 0 heterocycles. The Balaban J connectivity index is 1.72. The maximum Gasteiger partial charge on any atom is 0.244 e. The van der Waals surface area contributed by atoms with Crippen molar-refractivity contribution < 1.29 is 9.90 Å². The predicted molar refractivity (Wildman–Crippen MR) is 75.6 cm³/mol. The first kappa shape index (κ1) is 13.8. The van der Waals surface area contributed by atoms with Gasteiger partial charge in [0.1, 0.15) is 0 Å². The zero-order valence-electron chi connectivity index (χ0n) is 11.3. The minimum Gasteiger partial charge on any atom is -0.391 e. The van der Waals surface area contributed by atoms with Gasteiger partial charge in [0.05, 0.1) is 6.10 Å². The lowest BCUT2D eigenvalue weighted by Gasteiger charge is -2.11. The second kappa shape index (κ2) is 6.53. The lowest BCUT2D eigenvalue weighted by Crippen LogP contribution is -2.32. The van der Waals surface area contributed by atoms with Gasteiger partial charge in [-0.05, 0) is 31.2 Å². The van der Waals surface area contributed by atoms with Gasteiger partial charge in [0.15, 0.2) is 0 Å². The molecule has 1 fully saturated rings. The van der Waals surface area contributed by atoms with E-state index < -0.39 is 6.10 Å². The van der Waals surface area contributed by atoms with Gasteiger partial charge in [0, 0.05) is 19.0 Å². The van der Waals surface area contributed by atoms with Crippen LogP contribution in [0.2, 0.25) is 0 Å². The lowest BCUT2D eigenvalue weighted by atomic mass is 10.1. The molecule has 3 nitrogen and oxygen atoms in total. The predicted octanol–water partition coefficient (Wildman–Crippen LogP) is 2.06. The van der Waals surface area contributed by atoms with E-state index in [1.807, 2.05) is 37.3 Å². The van der Waals surface area contributed by atoms with Gasteiger partial charge in [-0.1, -0.05) is 35.9 Å². The Morgan fingerprint density at radius 1 is 1.42 bits per heavy atom. The van der Waals surface area contributed by atoms with Crippen molar-refractivity contribution in [3.05, 3.63) is 47.5 Å². The first-order chi connectivity index (χ1) is 9.15. The molecule has 1 atom stereocenters. The van der Waals surface area contributed by atoms with Gasteiger partial charge >= 0.3 is 0 Å². The zero-order valence-corrected chi connectivity index (χ0v) is 11.3. The fourth-order valence-corrected chi connectivity index (χ4v) is 2.09. The smallest absolute Gasteiger partial charge is 0.244 e. The molecule has 0 aliphatic heterocycles. The van der Waals surface area contributed by atoms with Crippen LogP contribution in [0.25, 0.3) is 0 Å². The molecule has 0 bridgehead atoms. The first-order valence-electron chi connectivity index (χ1n) is 6.83. The largest absolute Gasteiger partial charge is 0.391 e. The molecule has 1 amide bonds. The lowest BCUT2D eigenvalue weighted by molar-refractivity contribution is -0.117. The molecule has 1 aromatic rings. The number of nitrogens with one attached hydrogen (secondary N) is 1. The molecule has 2 N–H and O–H groups in total. The van der Waals surface area contributed by atoms with Crippen LogP contribution in [-0.4, -0.2) is 23.7 Å². The van der Waals surface area contributed by atoms with Crippen LogP contribution < -0.4 is 5.32 Å². The number of aliphatic hydroxyl groups excluding tert-OH is 1. The Bertz CT molecular complexity index is 449. The van der Waals surface area contributed by atoms with Crippen LogP contribution in [0.5, 0.6) is 0 Å². The molecule has 19 heavy (non-hydrogen) atoms. The van der Waals surface area contributed by atoms with Crippen molar-refractivity contribution in [2.45, 2.75) is 32.3 Å². The van der Waals surface area contributed by atoms with E-state index in [1.54, 1.807) is 6.08 Å². The van der Waals surface area contributed by atoms with E-state index in [9.17, 15) is 9.90 Å². The highest BCUT2D eigenvalue weighted by molar-refractivity contribution is 5.88. The number of benzene rings is 1. The number of allylic oxidation sites excluding steroid dienone is 1. The molecule has 1 aliphatic carbocycles. The highest BCUT2D eigenvalue weighted by atomic mass is 16.3. The minimum absolute atomic E-state index is 0.100. The number of carbonyl (C=O) groups is 1. The zero-order chi connectivity index (χ0) is 13.7. The number of amides is 1. The highest BCUT2D eigenvalue weighted by Gasteiger charge is 2.23. The van der Waals surface area contributed by atoms with Crippen molar-refractivity contribution in [1.29, 1.82) is 0 Å². The summed E-state index contributed by atoms with van der Waals surface area (Å²) in [4.78, 5) is 11.6. The fraction of sp³-hybridized carbons (Fsp3) is 0.438. The average molecular weight is 259 g/mol.